The highest BCUT2D eigenvalue weighted by Gasteiger charge is 2.27. The molecule has 2 N–H and O–H groups in total. The van der Waals surface area contributed by atoms with Crippen molar-refractivity contribution in [3.8, 4) is 5.75 Å². The number of methoxy groups -OCH3 is 1. The predicted molar refractivity (Wildman–Crippen MR) is 127 cm³/mol. The molecular formula is C23H22Cl2N2O4S. The van der Waals surface area contributed by atoms with Gasteiger partial charge in [0.25, 0.3) is 0 Å². The molecule has 0 saturated heterocycles. The lowest BCUT2D eigenvalue weighted by atomic mass is 10.1. The van der Waals surface area contributed by atoms with Gasteiger partial charge in [-0.2, -0.15) is 4.72 Å². The van der Waals surface area contributed by atoms with Crippen LogP contribution in [-0.2, 0) is 21.2 Å². The van der Waals surface area contributed by atoms with Gasteiger partial charge >= 0.3 is 0 Å². The van der Waals surface area contributed by atoms with Crippen LogP contribution in [0.3, 0.4) is 0 Å². The summed E-state index contributed by atoms with van der Waals surface area (Å²) in [6.45, 7) is 1.74. The quantitative estimate of drug-likeness (QED) is 0.471. The van der Waals surface area contributed by atoms with Crippen LogP contribution in [-0.4, -0.2) is 27.5 Å². The normalized spacial score (nSPS) is 12.2. The van der Waals surface area contributed by atoms with E-state index in [9.17, 15) is 13.2 Å². The number of hydrogen-bond donors (Lipinski definition) is 2. The maximum atomic E-state index is 13.1. The van der Waals surface area contributed by atoms with E-state index in [4.69, 9.17) is 27.9 Å². The van der Waals surface area contributed by atoms with Crippen LogP contribution in [0.4, 0.5) is 5.69 Å². The molecule has 0 radical (unpaired) electrons. The van der Waals surface area contributed by atoms with Gasteiger partial charge in [0.1, 0.15) is 11.8 Å². The summed E-state index contributed by atoms with van der Waals surface area (Å²) in [4.78, 5) is 13.1. The van der Waals surface area contributed by atoms with E-state index in [1.807, 2.05) is 30.3 Å². The van der Waals surface area contributed by atoms with Gasteiger partial charge in [-0.15, -0.1) is 0 Å². The SMILES string of the molecule is COc1ccc(S(=O)(=O)NC(Cc2ccccc2)C(=O)Nc2cc(Cl)ccc2Cl)cc1C. The van der Waals surface area contributed by atoms with Crippen molar-refractivity contribution in [3.63, 3.8) is 0 Å². The van der Waals surface area contributed by atoms with Crippen molar-refractivity contribution in [1.29, 1.82) is 0 Å². The molecule has 168 valence electrons. The van der Waals surface area contributed by atoms with Gasteiger partial charge in [-0.25, -0.2) is 8.42 Å². The van der Waals surface area contributed by atoms with Gasteiger partial charge in [-0.05, 0) is 60.9 Å². The summed E-state index contributed by atoms with van der Waals surface area (Å²) in [5.74, 6) is 0.00459. The van der Waals surface area contributed by atoms with E-state index in [0.29, 0.717) is 22.0 Å². The molecule has 1 amide bonds. The molecule has 0 bridgehead atoms. The lowest BCUT2D eigenvalue weighted by Crippen LogP contribution is -2.45. The maximum Gasteiger partial charge on any atom is 0.242 e. The summed E-state index contributed by atoms with van der Waals surface area (Å²) in [6, 6.07) is 17.2. The summed E-state index contributed by atoms with van der Waals surface area (Å²) >= 11 is 12.2. The zero-order valence-electron chi connectivity index (χ0n) is 17.4. The molecule has 32 heavy (non-hydrogen) atoms. The molecule has 3 aromatic carbocycles. The molecule has 0 aliphatic carbocycles. The lowest BCUT2D eigenvalue weighted by Gasteiger charge is -2.20. The fourth-order valence-corrected chi connectivity index (χ4v) is 4.74. The summed E-state index contributed by atoms with van der Waals surface area (Å²) in [7, 11) is -2.50. The van der Waals surface area contributed by atoms with Crippen LogP contribution < -0.4 is 14.8 Å². The Morgan fingerprint density at radius 1 is 1.03 bits per heavy atom. The molecule has 1 atom stereocenters. The van der Waals surface area contributed by atoms with Gasteiger partial charge in [-0.1, -0.05) is 53.5 Å². The third kappa shape index (κ3) is 6.01. The molecule has 0 aromatic heterocycles. The molecule has 0 aliphatic heterocycles. The summed E-state index contributed by atoms with van der Waals surface area (Å²) < 4.78 is 33.9. The number of ether oxygens (including phenoxy) is 1. The average Bonchev–Trinajstić information content (AvgIpc) is 2.76. The van der Waals surface area contributed by atoms with Crippen molar-refractivity contribution in [2.75, 3.05) is 12.4 Å². The molecule has 1 unspecified atom stereocenters. The standard InChI is InChI=1S/C23H22Cl2N2O4S/c1-15-12-18(9-11-22(15)31-2)32(29,30)27-21(13-16-6-4-3-5-7-16)23(28)26-20-14-17(24)8-10-19(20)25/h3-12,14,21,27H,13H2,1-2H3,(H,26,28). The van der Waals surface area contributed by atoms with E-state index in [-0.39, 0.29) is 16.3 Å². The van der Waals surface area contributed by atoms with Crippen LogP contribution in [0.1, 0.15) is 11.1 Å². The topological polar surface area (TPSA) is 84.5 Å². The number of nitrogens with one attached hydrogen (secondary N) is 2. The molecule has 0 saturated carbocycles. The van der Waals surface area contributed by atoms with E-state index in [1.165, 1.54) is 25.3 Å². The number of aryl methyl sites for hydroxylation is 1. The molecule has 0 heterocycles. The highest BCUT2D eigenvalue weighted by Crippen LogP contribution is 2.26. The van der Waals surface area contributed by atoms with Gasteiger partial charge in [-0.3, -0.25) is 4.79 Å². The van der Waals surface area contributed by atoms with Crippen LogP contribution in [0, 0.1) is 6.92 Å². The summed E-state index contributed by atoms with van der Waals surface area (Å²) in [6.07, 6.45) is 0.138. The van der Waals surface area contributed by atoms with Crippen LogP contribution in [0.2, 0.25) is 10.0 Å². The number of sulfonamides is 1. The number of amides is 1. The summed E-state index contributed by atoms with van der Waals surface area (Å²) in [5.41, 5.74) is 1.74. The van der Waals surface area contributed by atoms with Crippen molar-refractivity contribution in [2.24, 2.45) is 0 Å². The molecule has 0 aliphatic rings. The second-order valence-electron chi connectivity index (χ2n) is 7.11. The zero-order valence-corrected chi connectivity index (χ0v) is 19.8. The van der Waals surface area contributed by atoms with E-state index in [0.717, 1.165) is 5.56 Å². The average molecular weight is 493 g/mol. The fourth-order valence-electron chi connectivity index (χ4n) is 3.12. The first-order chi connectivity index (χ1) is 15.2. The Bertz CT molecular complexity index is 1220. The minimum absolute atomic E-state index is 0.0300. The Morgan fingerprint density at radius 2 is 1.75 bits per heavy atom. The monoisotopic (exact) mass is 492 g/mol. The van der Waals surface area contributed by atoms with Gasteiger partial charge in [0.05, 0.1) is 22.7 Å². The van der Waals surface area contributed by atoms with Gasteiger partial charge in [0.2, 0.25) is 15.9 Å². The molecule has 6 nitrogen and oxygen atoms in total. The van der Waals surface area contributed by atoms with Crippen molar-refractivity contribution in [2.45, 2.75) is 24.3 Å². The van der Waals surface area contributed by atoms with Crippen LogP contribution in [0.5, 0.6) is 5.75 Å². The van der Waals surface area contributed by atoms with Crippen molar-refractivity contribution in [3.05, 3.63) is 87.9 Å². The first-order valence-electron chi connectivity index (χ1n) is 9.66. The molecule has 9 heteroatoms. The number of hydrogen-bond acceptors (Lipinski definition) is 4. The fraction of sp³-hybridized carbons (Fsp3) is 0.174. The number of rotatable bonds is 8. The van der Waals surface area contributed by atoms with Crippen LogP contribution in [0.15, 0.2) is 71.6 Å². The smallest absolute Gasteiger partial charge is 0.242 e. The second-order valence-corrected chi connectivity index (χ2v) is 9.67. The van der Waals surface area contributed by atoms with Gasteiger partial charge in [0, 0.05) is 5.02 Å². The van der Waals surface area contributed by atoms with Gasteiger partial charge in [0.15, 0.2) is 0 Å². The van der Waals surface area contributed by atoms with Crippen molar-refractivity contribution < 1.29 is 17.9 Å². The molecule has 0 spiro atoms. The Kier molecular flexibility index (Phi) is 7.79. The van der Waals surface area contributed by atoms with E-state index in [2.05, 4.69) is 10.0 Å². The Morgan fingerprint density at radius 3 is 2.41 bits per heavy atom. The van der Waals surface area contributed by atoms with Crippen molar-refractivity contribution in [1.82, 2.24) is 4.72 Å². The first-order valence-corrected chi connectivity index (χ1v) is 11.9. The van der Waals surface area contributed by atoms with Gasteiger partial charge < -0.3 is 10.1 Å². The largest absolute Gasteiger partial charge is 0.496 e. The Hall–Kier alpha value is -2.58. The minimum Gasteiger partial charge on any atom is -0.496 e. The third-order valence-electron chi connectivity index (χ3n) is 4.76. The van der Waals surface area contributed by atoms with E-state index in [1.54, 1.807) is 25.1 Å². The Labute approximate surface area is 197 Å². The third-order valence-corrected chi connectivity index (χ3v) is 6.79. The number of benzene rings is 3. The number of carbonyl (C=O) groups is 1. The molecule has 0 fully saturated rings. The number of anilines is 1. The highest BCUT2D eigenvalue weighted by molar-refractivity contribution is 7.89. The zero-order chi connectivity index (χ0) is 23.3. The molecule has 3 rings (SSSR count). The lowest BCUT2D eigenvalue weighted by molar-refractivity contribution is -0.117. The van der Waals surface area contributed by atoms with Crippen LogP contribution >= 0.6 is 23.2 Å². The maximum absolute atomic E-state index is 13.1. The van der Waals surface area contributed by atoms with Crippen LogP contribution in [0.25, 0.3) is 0 Å². The number of carbonyl (C=O) groups excluding carboxylic acids is 1. The Balaban J connectivity index is 1.90. The highest BCUT2D eigenvalue weighted by atomic mass is 35.5. The molecule has 3 aromatic rings. The van der Waals surface area contributed by atoms with Crippen molar-refractivity contribution >= 4 is 44.8 Å². The first kappa shape index (κ1) is 24.1. The number of halogens is 2. The second kappa shape index (κ2) is 10.4. The van der Waals surface area contributed by atoms with E-state index < -0.39 is 22.0 Å². The minimum atomic E-state index is -4.01. The van der Waals surface area contributed by atoms with E-state index >= 15 is 0 Å². The molecular weight excluding hydrogens is 471 g/mol. The summed E-state index contributed by atoms with van der Waals surface area (Å²) in [5, 5.41) is 3.35. The predicted octanol–water partition coefficient (Wildman–Crippen LogP) is 4.84.